The molecule has 0 heterocycles. The fraction of sp³-hybridized carbons (Fsp3) is 0.212. The van der Waals surface area contributed by atoms with Gasteiger partial charge in [-0.2, -0.15) is 0 Å². The minimum atomic E-state index is -4.39. The van der Waals surface area contributed by atoms with Gasteiger partial charge in [0, 0.05) is 25.6 Å². The molecule has 230 valence electrons. The third-order valence-electron chi connectivity index (χ3n) is 6.93. The summed E-state index contributed by atoms with van der Waals surface area (Å²) in [5.41, 5.74) is 0.911. The number of rotatable bonds is 13. The van der Waals surface area contributed by atoms with Crippen molar-refractivity contribution in [3.8, 4) is 5.75 Å². The maximum atomic E-state index is 14.9. The Morgan fingerprint density at radius 3 is 2.11 bits per heavy atom. The van der Waals surface area contributed by atoms with Crippen molar-refractivity contribution in [1.29, 1.82) is 0 Å². The zero-order valence-corrected chi connectivity index (χ0v) is 25.1. The van der Waals surface area contributed by atoms with E-state index in [1.807, 2.05) is 6.07 Å². The van der Waals surface area contributed by atoms with Crippen molar-refractivity contribution in [1.82, 2.24) is 10.2 Å². The number of anilines is 1. The minimum Gasteiger partial charge on any atom is -0.494 e. The van der Waals surface area contributed by atoms with Gasteiger partial charge in [0.15, 0.2) is 0 Å². The second-order valence-corrected chi connectivity index (χ2v) is 11.7. The smallest absolute Gasteiger partial charge is 0.264 e. The van der Waals surface area contributed by atoms with Crippen LogP contribution in [0.2, 0.25) is 0 Å². The molecule has 0 saturated heterocycles. The molecule has 0 aliphatic carbocycles. The fourth-order valence-corrected chi connectivity index (χ4v) is 6.08. The van der Waals surface area contributed by atoms with Crippen LogP contribution in [0.5, 0.6) is 5.75 Å². The zero-order chi connectivity index (χ0) is 31.7. The van der Waals surface area contributed by atoms with Crippen LogP contribution in [-0.4, -0.2) is 51.4 Å². The van der Waals surface area contributed by atoms with Gasteiger partial charge in [0.25, 0.3) is 10.0 Å². The Kier molecular flexibility index (Phi) is 10.7. The molecule has 44 heavy (non-hydrogen) atoms. The normalized spacial score (nSPS) is 11.8. The van der Waals surface area contributed by atoms with Gasteiger partial charge in [0.05, 0.1) is 17.2 Å². The van der Waals surface area contributed by atoms with Crippen LogP contribution < -0.4 is 14.4 Å². The third-order valence-corrected chi connectivity index (χ3v) is 8.72. The molecule has 1 atom stereocenters. The molecule has 2 amide bonds. The second-order valence-electron chi connectivity index (χ2n) is 9.83. The number of nitrogens with one attached hydrogen (secondary N) is 1. The highest BCUT2D eigenvalue weighted by Crippen LogP contribution is 2.27. The molecule has 0 unspecified atom stereocenters. The van der Waals surface area contributed by atoms with Crippen LogP contribution >= 0.6 is 0 Å². The largest absolute Gasteiger partial charge is 0.494 e. The number of benzene rings is 4. The molecule has 11 heteroatoms. The van der Waals surface area contributed by atoms with E-state index in [1.165, 1.54) is 66.5 Å². The molecule has 4 rings (SSSR count). The summed E-state index contributed by atoms with van der Waals surface area (Å²) in [7, 11) is -2.96. The summed E-state index contributed by atoms with van der Waals surface area (Å²) in [6.45, 7) is 1.12. The SMILES string of the molecule is CCOc1ccc(S(=O)(=O)N(CC(=O)N(Cc2ccccc2F)[C@@H](Cc2ccccc2)C(=O)NC)c2ccc(F)cc2)cc1. The summed E-state index contributed by atoms with van der Waals surface area (Å²) in [5, 5.41) is 2.57. The molecule has 0 saturated carbocycles. The quantitative estimate of drug-likeness (QED) is 0.228. The van der Waals surface area contributed by atoms with Crippen LogP contribution in [0.3, 0.4) is 0 Å². The predicted octanol–water partition coefficient (Wildman–Crippen LogP) is 4.94. The van der Waals surface area contributed by atoms with Gasteiger partial charge < -0.3 is 15.0 Å². The predicted molar refractivity (Wildman–Crippen MR) is 163 cm³/mol. The lowest BCUT2D eigenvalue weighted by Gasteiger charge is -2.33. The number of ether oxygens (including phenoxy) is 1. The maximum Gasteiger partial charge on any atom is 0.264 e. The lowest BCUT2D eigenvalue weighted by Crippen LogP contribution is -2.53. The number of hydrogen-bond acceptors (Lipinski definition) is 5. The van der Waals surface area contributed by atoms with Crippen molar-refractivity contribution in [3.63, 3.8) is 0 Å². The molecule has 1 N–H and O–H groups in total. The summed E-state index contributed by atoms with van der Waals surface area (Å²) in [6, 6.07) is 24.1. The molecular formula is C33H33F2N3O5S. The number of halogens is 2. The molecular weight excluding hydrogens is 588 g/mol. The van der Waals surface area contributed by atoms with Crippen LogP contribution in [0.25, 0.3) is 0 Å². The van der Waals surface area contributed by atoms with Crippen molar-refractivity contribution < 1.29 is 31.5 Å². The molecule has 8 nitrogen and oxygen atoms in total. The van der Waals surface area contributed by atoms with Crippen LogP contribution in [0.1, 0.15) is 18.1 Å². The number of nitrogens with zero attached hydrogens (tertiary/aromatic N) is 2. The third kappa shape index (κ3) is 7.78. The molecule has 0 bridgehead atoms. The van der Waals surface area contributed by atoms with Crippen LogP contribution in [0.15, 0.2) is 108 Å². The maximum absolute atomic E-state index is 14.9. The first kappa shape index (κ1) is 32.2. The monoisotopic (exact) mass is 621 g/mol. The van der Waals surface area contributed by atoms with E-state index in [2.05, 4.69) is 5.32 Å². The molecule has 0 spiro atoms. The highest BCUT2D eigenvalue weighted by molar-refractivity contribution is 7.92. The Balaban J connectivity index is 1.78. The number of sulfonamides is 1. The highest BCUT2D eigenvalue weighted by atomic mass is 32.2. The van der Waals surface area contributed by atoms with E-state index in [-0.39, 0.29) is 29.1 Å². The Morgan fingerprint density at radius 2 is 1.50 bits per heavy atom. The van der Waals surface area contributed by atoms with E-state index >= 15 is 0 Å². The van der Waals surface area contributed by atoms with Crippen molar-refractivity contribution in [2.24, 2.45) is 0 Å². The Labute approximate surface area is 255 Å². The molecule has 4 aromatic rings. The average Bonchev–Trinajstić information content (AvgIpc) is 3.03. The molecule has 0 aromatic heterocycles. The van der Waals surface area contributed by atoms with Gasteiger partial charge in [-0.25, -0.2) is 17.2 Å². The lowest BCUT2D eigenvalue weighted by molar-refractivity contribution is -0.139. The molecule has 4 aromatic carbocycles. The summed E-state index contributed by atoms with van der Waals surface area (Å²) < 4.78 is 63.0. The molecule has 0 fully saturated rings. The zero-order valence-electron chi connectivity index (χ0n) is 24.3. The number of carbonyl (C=O) groups excluding carboxylic acids is 2. The van der Waals surface area contributed by atoms with Crippen molar-refractivity contribution in [3.05, 3.63) is 126 Å². The van der Waals surface area contributed by atoms with Gasteiger partial charge in [-0.15, -0.1) is 0 Å². The highest BCUT2D eigenvalue weighted by Gasteiger charge is 2.34. The summed E-state index contributed by atoms with van der Waals surface area (Å²) >= 11 is 0. The number of hydrogen-bond donors (Lipinski definition) is 1. The fourth-order valence-electron chi connectivity index (χ4n) is 4.67. The second kappa shape index (κ2) is 14.6. The Morgan fingerprint density at radius 1 is 0.864 bits per heavy atom. The Bertz CT molecular complexity index is 1670. The van der Waals surface area contributed by atoms with Crippen LogP contribution in [0, 0.1) is 11.6 Å². The minimum absolute atomic E-state index is 0.0269. The van der Waals surface area contributed by atoms with E-state index in [9.17, 15) is 26.8 Å². The number of amides is 2. The summed E-state index contributed by atoms with van der Waals surface area (Å²) in [6.07, 6.45) is 0.0862. The summed E-state index contributed by atoms with van der Waals surface area (Å²) in [4.78, 5) is 28.5. The first-order valence-corrected chi connectivity index (χ1v) is 15.4. The van der Waals surface area contributed by atoms with Crippen LogP contribution in [-0.2, 0) is 32.6 Å². The average molecular weight is 622 g/mol. The van der Waals surface area contributed by atoms with E-state index in [0.717, 1.165) is 22.0 Å². The van der Waals surface area contributed by atoms with Gasteiger partial charge in [-0.05, 0) is 67.1 Å². The molecule has 0 aliphatic heterocycles. The van der Waals surface area contributed by atoms with Gasteiger partial charge >= 0.3 is 0 Å². The van der Waals surface area contributed by atoms with Gasteiger partial charge in [-0.1, -0.05) is 48.5 Å². The van der Waals surface area contributed by atoms with E-state index in [4.69, 9.17) is 4.74 Å². The first-order chi connectivity index (χ1) is 21.1. The van der Waals surface area contributed by atoms with Crippen LogP contribution in [0.4, 0.5) is 14.5 Å². The summed E-state index contributed by atoms with van der Waals surface area (Å²) in [5.74, 6) is -2.00. The van der Waals surface area contributed by atoms with E-state index in [1.54, 1.807) is 37.3 Å². The Hall–Kier alpha value is -4.77. The molecule has 0 radical (unpaired) electrons. The van der Waals surface area contributed by atoms with Crippen molar-refractivity contribution in [2.45, 2.75) is 30.8 Å². The van der Waals surface area contributed by atoms with E-state index < -0.39 is 46.1 Å². The number of carbonyl (C=O) groups is 2. The van der Waals surface area contributed by atoms with Crippen molar-refractivity contribution in [2.75, 3.05) is 24.5 Å². The standard InChI is InChI=1S/C33H33F2N3O5S/c1-3-43-28-17-19-29(20-18-28)44(41,42)38(27-15-13-26(34)14-16-27)23-32(39)37(22-25-11-7-8-12-30(25)35)31(33(40)36-2)21-24-9-5-4-6-10-24/h4-20,31H,3,21-23H2,1-2H3,(H,36,40)/t31-/m0/s1. The molecule has 0 aliphatic rings. The van der Waals surface area contributed by atoms with Crippen molar-refractivity contribution >= 4 is 27.5 Å². The van der Waals surface area contributed by atoms with Gasteiger partial charge in [0.2, 0.25) is 11.8 Å². The van der Waals surface area contributed by atoms with E-state index in [0.29, 0.717) is 12.4 Å². The van der Waals surface area contributed by atoms with Gasteiger partial charge in [-0.3, -0.25) is 13.9 Å². The first-order valence-electron chi connectivity index (χ1n) is 13.9. The lowest BCUT2D eigenvalue weighted by atomic mass is 10.0. The number of likely N-dealkylation sites (N-methyl/N-ethyl adjacent to an activating group) is 1. The topological polar surface area (TPSA) is 96.0 Å². The van der Waals surface area contributed by atoms with Gasteiger partial charge in [0.1, 0.15) is 30.0 Å².